The Morgan fingerprint density at radius 3 is 2.90 bits per heavy atom. The number of halogens is 2. The molecule has 29 heavy (non-hydrogen) atoms. The van der Waals surface area contributed by atoms with Crippen molar-refractivity contribution in [3.63, 3.8) is 0 Å². The Bertz CT molecular complexity index is 1040. The third-order valence-electron chi connectivity index (χ3n) is 5.03. The number of imidazole rings is 1. The van der Waals surface area contributed by atoms with Crippen LogP contribution in [-0.2, 0) is 11.3 Å². The van der Waals surface area contributed by atoms with Crippen LogP contribution in [0.2, 0.25) is 5.02 Å². The minimum atomic E-state index is -0.378. The van der Waals surface area contributed by atoms with Gasteiger partial charge in [-0.2, -0.15) is 0 Å². The van der Waals surface area contributed by atoms with Crippen LogP contribution >= 0.6 is 11.6 Å². The second-order valence-corrected chi connectivity index (χ2v) is 7.47. The number of hydrogen-bond donors (Lipinski definition) is 3. The second-order valence-electron chi connectivity index (χ2n) is 7.03. The monoisotopic (exact) mass is 413 g/mol. The van der Waals surface area contributed by atoms with Crippen molar-refractivity contribution in [1.29, 1.82) is 0 Å². The highest BCUT2D eigenvalue weighted by atomic mass is 35.5. The van der Waals surface area contributed by atoms with E-state index in [9.17, 15) is 9.18 Å². The molecule has 1 aliphatic rings. The van der Waals surface area contributed by atoms with E-state index in [1.807, 2.05) is 31.2 Å². The molecule has 3 aromatic rings. The highest BCUT2D eigenvalue weighted by molar-refractivity contribution is 6.30. The molecule has 150 valence electrons. The van der Waals surface area contributed by atoms with Gasteiger partial charge in [0.15, 0.2) is 0 Å². The minimum absolute atomic E-state index is 0.000372. The molecule has 1 amide bonds. The van der Waals surface area contributed by atoms with Crippen molar-refractivity contribution in [3.05, 3.63) is 82.6 Å². The Kier molecular flexibility index (Phi) is 5.62. The molecule has 2 heterocycles. The molecule has 0 radical (unpaired) electrons. The van der Waals surface area contributed by atoms with Crippen molar-refractivity contribution in [2.24, 2.45) is 0 Å². The Hall–Kier alpha value is -2.74. The third-order valence-corrected chi connectivity index (χ3v) is 5.27. The van der Waals surface area contributed by atoms with Crippen molar-refractivity contribution < 1.29 is 9.18 Å². The predicted octanol–water partition coefficient (Wildman–Crippen LogP) is 3.20. The number of amides is 1. The molecule has 1 fully saturated rings. The van der Waals surface area contributed by atoms with Crippen LogP contribution in [0, 0.1) is 12.7 Å². The van der Waals surface area contributed by atoms with Crippen molar-refractivity contribution in [2.45, 2.75) is 32.0 Å². The van der Waals surface area contributed by atoms with Gasteiger partial charge in [0, 0.05) is 30.0 Å². The van der Waals surface area contributed by atoms with Crippen LogP contribution in [-0.4, -0.2) is 21.5 Å². The van der Waals surface area contributed by atoms with Crippen LogP contribution in [0.4, 0.5) is 4.39 Å². The van der Waals surface area contributed by atoms with E-state index in [2.05, 4.69) is 21.2 Å². The van der Waals surface area contributed by atoms with Crippen LogP contribution in [0.25, 0.3) is 5.69 Å². The summed E-state index contributed by atoms with van der Waals surface area (Å²) in [6.07, 6.45) is 3.94. The van der Waals surface area contributed by atoms with E-state index in [1.54, 1.807) is 29.1 Å². The Balaban J connectivity index is 1.35. The van der Waals surface area contributed by atoms with Crippen molar-refractivity contribution >= 4 is 17.5 Å². The summed E-state index contributed by atoms with van der Waals surface area (Å²) in [7, 11) is 0. The van der Waals surface area contributed by atoms with Gasteiger partial charge in [-0.3, -0.25) is 4.79 Å². The number of carbonyl (C=O) groups excluding carboxylic acids is 1. The number of hydrazine groups is 1. The predicted molar refractivity (Wildman–Crippen MR) is 109 cm³/mol. The minimum Gasteiger partial charge on any atom is -0.351 e. The molecule has 0 saturated carbocycles. The molecule has 2 unspecified atom stereocenters. The summed E-state index contributed by atoms with van der Waals surface area (Å²) < 4.78 is 16.2. The Morgan fingerprint density at radius 2 is 2.17 bits per heavy atom. The number of nitrogens with zero attached hydrogens (tertiary/aromatic N) is 2. The van der Waals surface area contributed by atoms with E-state index in [4.69, 9.17) is 11.6 Å². The highest BCUT2D eigenvalue weighted by Gasteiger charge is 2.30. The topological polar surface area (TPSA) is 71.0 Å². The lowest BCUT2D eigenvalue weighted by Gasteiger charge is -2.12. The molecule has 3 N–H and O–H groups in total. The first kappa shape index (κ1) is 19.6. The number of aromatic nitrogens is 2. The van der Waals surface area contributed by atoms with E-state index < -0.39 is 0 Å². The molecule has 2 atom stereocenters. The summed E-state index contributed by atoms with van der Waals surface area (Å²) in [5.41, 5.74) is 8.29. The number of aryl methyl sites for hydroxylation is 1. The van der Waals surface area contributed by atoms with E-state index in [-0.39, 0.29) is 30.4 Å². The largest absolute Gasteiger partial charge is 0.351 e. The second kappa shape index (κ2) is 8.32. The summed E-state index contributed by atoms with van der Waals surface area (Å²) in [6, 6.07) is 12.1. The average molecular weight is 414 g/mol. The van der Waals surface area contributed by atoms with Crippen LogP contribution in [0.1, 0.15) is 29.4 Å². The van der Waals surface area contributed by atoms with Crippen LogP contribution in [0.5, 0.6) is 0 Å². The molecule has 2 aromatic carbocycles. The molecule has 0 bridgehead atoms. The number of nitrogens with one attached hydrogen (secondary N) is 3. The zero-order valence-corrected chi connectivity index (χ0v) is 16.6. The smallest absolute Gasteiger partial charge is 0.238 e. The normalized spacial score (nSPS) is 18.7. The van der Waals surface area contributed by atoms with Crippen LogP contribution in [0.3, 0.4) is 0 Å². The molecule has 4 rings (SSSR count). The van der Waals surface area contributed by atoms with E-state index in [0.717, 1.165) is 5.56 Å². The lowest BCUT2D eigenvalue weighted by Crippen LogP contribution is -2.42. The van der Waals surface area contributed by atoms with Crippen molar-refractivity contribution in [1.82, 2.24) is 25.7 Å². The van der Waals surface area contributed by atoms with Crippen LogP contribution in [0.15, 0.2) is 54.9 Å². The molecule has 1 aromatic heterocycles. The van der Waals surface area contributed by atoms with Gasteiger partial charge in [0.25, 0.3) is 0 Å². The molecule has 1 saturated heterocycles. The van der Waals surface area contributed by atoms with Crippen molar-refractivity contribution in [3.8, 4) is 5.69 Å². The fraction of sp³-hybridized carbons (Fsp3) is 0.238. The maximum atomic E-state index is 14.5. The highest BCUT2D eigenvalue weighted by Crippen LogP contribution is 2.24. The van der Waals surface area contributed by atoms with Gasteiger partial charge >= 0.3 is 0 Å². The van der Waals surface area contributed by atoms with Gasteiger partial charge in [0.2, 0.25) is 5.91 Å². The first-order chi connectivity index (χ1) is 14.0. The quantitative estimate of drug-likeness (QED) is 0.600. The summed E-state index contributed by atoms with van der Waals surface area (Å²) >= 11 is 6.04. The maximum absolute atomic E-state index is 14.5. The first-order valence-electron chi connectivity index (χ1n) is 9.34. The van der Waals surface area contributed by atoms with Gasteiger partial charge in [-0.15, -0.1) is 0 Å². The average Bonchev–Trinajstić information content (AvgIpc) is 3.36. The standard InChI is InChI=1S/C21H21ClFN5O/c1-13-24-7-8-28(13)20-6-5-14(9-17(20)23)12-25-21(29)19-11-18(26-27-19)15-3-2-4-16(22)10-15/h2-10,18-19,26-27H,11-12H2,1H3,(H,25,29). The van der Waals surface area contributed by atoms with Gasteiger partial charge in [0.1, 0.15) is 17.7 Å². The van der Waals surface area contributed by atoms with E-state index in [1.165, 1.54) is 6.07 Å². The van der Waals surface area contributed by atoms with Gasteiger partial charge < -0.3 is 9.88 Å². The first-order valence-corrected chi connectivity index (χ1v) is 9.72. The third kappa shape index (κ3) is 4.32. The zero-order valence-electron chi connectivity index (χ0n) is 15.8. The zero-order chi connectivity index (χ0) is 20.4. The molecular weight excluding hydrogens is 393 g/mol. The number of carbonyl (C=O) groups is 1. The summed E-state index contributed by atoms with van der Waals surface area (Å²) in [5.74, 6) is 0.204. The van der Waals surface area contributed by atoms with Gasteiger partial charge in [0.05, 0.1) is 5.69 Å². The summed E-state index contributed by atoms with van der Waals surface area (Å²) in [6.45, 7) is 2.06. The molecule has 0 spiro atoms. The van der Waals surface area contributed by atoms with E-state index >= 15 is 0 Å². The molecule has 1 aliphatic heterocycles. The number of rotatable bonds is 5. The lowest BCUT2D eigenvalue weighted by molar-refractivity contribution is -0.123. The summed E-state index contributed by atoms with van der Waals surface area (Å²) in [4.78, 5) is 16.6. The fourth-order valence-electron chi connectivity index (χ4n) is 3.47. The van der Waals surface area contributed by atoms with Gasteiger partial charge in [-0.05, 0) is 48.7 Å². The van der Waals surface area contributed by atoms with Gasteiger partial charge in [-0.1, -0.05) is 29.8 Å². The Morgan fingerprint density at radius 1 is 1.31 bits per heavy atom. The van der Waals surface area contributed by atoms with Crippen molar-refractivity contribution in [2.75, 3.05) is 0 Å². The van der Waals surface area contributed by atoms with Gasteiger partial charge in [-0.25, -0.2) is 20.2 Å². The van der Waals surface area contributed by atoms with E-state index in [0.29, 0.717) is 28.5 Å². The number of hydrogen-bond acceptors (Lipinski definition) is 4. The fourth-order valence-corrected chi connectivity index (χ4v) is 3.67. The molecule has 8 heteroatoms. The molecular formula is C21H21ClFN5O. The van der Waals surface area contributed by atoms with Crippen LogP contribution < -0.4 is 16.2 Å². The number of benzene rings is 2. The Labute approximate surface area is 173 Å². The maximum Gasteiger partial charge on any atom is 0.238 e. The molecule has 6 nitrogen and oxygen atoms in total. The summed E-state index contributed by atoms with van der Waals surface area (Å²) in [5, 5.41) is 3.52. The lowest BCUT2D eigenvalue weighted by atomic mass is 10.0. The molecule has 0 aliphatic carbocycles. The SMILES string of the molecule is Cc1nccn1-c1ccc(CNC(=O)C2CC(c3cccc(Cl)c3)NN2)cc1F.